The van der Waals surface area contributed by atoms with Gasteiger partial charge in [-0.1, -0.05) is 70.4 Å². The highest BCUT2D eigenvalue weighted by molar-refractivity contribution is 7.90. The average molecular weight is 390 g/mol. The standard InChI is InChI=1S/C16H21NS2.C7H14/c17-12-7-9-13(18)15-11(6-8-14(19)16(12)15)10-4-2-1-3-5-10;1-7-5-3-2-4-6-7/h6,8-10,12,18-19H,1-5,7,17H2;7H,2-6H2,1H3. The maximum absolute atomic E-state index is 6.28. The van der Waals surface area contributed by atoms with Gasteiger partial charge in [-0.05, 0) is 53.9 Å². The number of benzene rings is 1. The molecular formula is C23H35NS2. The van der Waals surface area contributed by atoms with Crippen LogP contribution in [0.4, 0.5) is 0 Å². The minimum Gasteiger partial charge on any atom is -0.324 e. The van der Waals surface area contributed by atoms with Crippen molar-refractivity contribution in [2.45, 2.75) is 94.4 Å². The van der Waals surface area contributed by atoms with E-state index in [2.05, 4.69) is 50.4 Å². The summed E-state index contributed by atoms with van der Waals surface area (Å²) in [7, 11) is 0. The number of hydrogen-bond donors (Lipinski definition) is 3. The van der Waals surface area contributed by atoms with E-state index >= 15 is 0 Å². The summed E-state index contributed by atoms with van der Waals surface area (Å²) in [6.45, 7) is 2.36. The minimum absolute atomic E-state index is 0.0712. The Balaban J connectivity index is 0.000000236. The van der Waals surface area contributed by atoms with Crippen molar-refractivity contribution in [2.24, 2.45) is 11.7 Å². The molecule has 1 aromatic carbocycles. The molecule has 1 nitrogen and oxygen atoms in total. The van der Waals surface area contributed by atoms with Gasteiger partial charge in [0, 0.05) is 15.8 Å². The van der Waals surface area contributed by atoms with Crippen LogP contribution in [0.3, 0.4) is 0 Å². The molecule has 144 valence electrons. The van der Waals surface area contributed by atoms with E-state index in [1.165, 1.54) is 80.9 Å². The predicted molar refractivity (Wildman–Crippen MR) is 120 cm³/mol. The Labute approximate surface area is 171 Å². The van der Waals surface area contributed by atoms with Gasteiger partial charge in [0.2, 0.25) is 0 Å². The van der Waals surface area contributed by atoms with Gasteiger partial charge in [0.15, 0.2) is 0 Å². The molecule has 0 heterocycles. The fourth-order valence-corrected chi connectivity index (χ4v) is 5.51. The second kappa shape index (κ2) is 9.71. The van der Waals surface area contributed by atoms with Crippen LogP contribution in [0, 0.1) is 5.92 Å². The number of hydrogen-bond acceptors (Lipinski definition) is 3. The molecule has 4 rings (SSSR count). The average Bonchev–Trinajstić information content (AvgIpc) is 2.67. The smallest absolute Gasteiger partial charge is 0.0347 e. The molecule has 26 heavy (non-hydrogen) atoms. The summed E-state index contributed by atoms with van der Waals surface area (Å²) < 4.78 is 0. The predicted octanol–water partition coefficient (Wildman–Crippen LogP) is 7.28. The van der Waals surface area contributed by atoms with E-state index in [1.807, 2.05) is 0 Å². The van der Waals surface area contributed by atoms with E-state index in [-0.39, 0.29) is 6.04 Å². The fourth-order valence-electron chi connectivity index (χ4n) is 4.81. The van der Waals surface area contributed by atoms with Crippen LogP contribution in [-0.4, -0.2) is 0 Å². The van der Waals surface area contributed by atoms with Crippen molar-refractivity contribution < 1.29 is 0 Å². The van der Waals surface area contributed by atoms with Crippen LogP contribution in [0.15, 0.2) is 23.1 Å². The third-order valence-electron chi connectivity index (χ3n) is 6.39. The monoisotopic (exact) mass is 389 g/mol. The van der Waals surface area contributed by atoms with Crippen LogP contribution < -0.4 is 5.73 Å². The van der Waals surface area contributed by atoms with Crippen molar-refractivity contribution in [3.05, 3.63) is 34.9 Å². The minimum atomic E-state index is 0.0712. The summed E-state index contributed by atoms with van der Waals surface area (Å²) in [5, 5.41) is 0. The molecule has 1 aromatic rings. The SMILES string of the molecule is CC1CCCCC1.NC1CC=C(S)c2c(C3CCCCC3)ccc(S)c21. The van der Waals surface area contributed by atoms with Gasteiger partial charge in [0.25, 0.3) is 0 Å². The summed E-state index contributed by atoms with van der Waals surface area (Å²) in [6.07, 6.45) is 17.1. The van der Waals surface area contributed by atoms with Crippen molar-refractivity contribution in [2.75, 3.05) is 0 Å². The number of fused-ring (bicyclic) bond motifs is 1. The molecule has 0 aromatic heterocycles. The van der Waals surface area contributed by atoms with Crippen LogP contribution in [0.1, 0.15) is 106 Å². The third kappa shape index (κ3) is 4.91. The van der Waals surface area contributed by atoms with E-state index in [1.54, 1.807) is 0 Å². The zero-order valence-corrected chi connectivity index (χ0v) is 18.0. The first kappa shape index (κ1) is 20.4. The van der Waals surface area contributed by atoms with Crippen LogP contribution in [0.2, 0.25) is 0 Å². The molecule has 1 atom stereocenters. The van der Waals surface area contributed by atoms with E-state index in [0.717, 1.165) is 22.1 Å². The molecule has 2 fully saturated rings. The molecule has 3 aliphatic rings. The zero-order valence-electron chi connectivity index (χ0n) is 16.2. The normalized spacial score (nSPS) is 24.3. The summed E-state index contributed by atoms with van der Waals surface area (Å²) in [4.78, 5) is 2.11. The second-order valence-electron chi connectivity index (χ2n) is 8.47. The van der Waals surface area contributed by atoms with Crippen LogP contribution in [-0.2, 0) is 0 Å². The molecule has 0 spiro atoms. The molecule has 0 radical (unpaired) electrons. The van der Waals surface area contributed by atoms with Crippen molar-refractivity contribution in [1.29, 1.82) is 0 Å². The maximum Gasteiger partial charge on any atom is 0.0347 e. The summed E-state index contributed by atoms with van der Waals surface area (Å²) in [5.74, 6) is 1.71. The molecular weight excluding hydrogens is 354 g/mol. The number of nitrogens with two attached hydrogens (primary N) is 1. The molecule has 2 N–H and O–H groups in total. The molecule has 1 unspecified atom stereocenters. The Morgan fingerprint density at radius 3 is 2.08 bits per heavy atom. The summed E-state index contributed by atoms with van der Waals surface area (Å²) >= 11 is 9.29. The van der Waals surface area contributed by atoms with Crippen molar-refractivity contribution in [1.82, 2.24) is 0 Å². The molecule has 0 bridgehead atoms. The van der Waals surface area contributed by atoms with Gasteiger partial charge in [-0.3, -0.25) is 0 Å². The fraction of sp³-hybridized carbons (Fsp3) is 0.652. The lowest BCUT2D eigenvalue weighted by Gasteiger charge is -2.30. The van der Waals surface area contributed by atoms with E-state index < -0.39 is 0 Å². The Bertz CT molecular complexity index is 625. The van der Waals surface area contributed by atoms with E-state index in [9.17, 15) is 0 Å². The quantitative estimate of drug-likeness (QED) is 0.432. The van der Waals surface area contributed by atoms with Crippen LogP contribution in [0.25, 0.3) is 4.91 Å². The van der Waals surface area contributed by atoms with Crippen molar-refractivity contribution in [3.8, 4) is 0 Å². The van der Waals surface area contributed by atoms with E-state index in [0.29, 0.717) is 5.92 Å². The van der Waals surface area contributed by atoms with Crippen molar-refractivity contribution in [3.63, 3.8) is 0 Å². The number of rotatable bonds is 1. The van der Waals surface area contributed by atoms with Crippen LogP contribution >= 0.6 is 25.3 Å². The van der Waals surface area contributed by atoms with Gasteiger partial charge >= 0.3 is 0 Å². The lowest BCUT2D eigenvalue weighted by molar-refractivity contribution is 0.385. The Kier molecular flexibility index (Phi) is 7.60. The lowest BCUT2D eigenvalue weighted by Crippen LogP contribution is -2.18. The van der Waals surface area contributed by atoms with Gasteiger partial charge in [0.1, 0.15) is 0 Å². The largest absolute Gasteiger partial charge is 0.324 e. The van der Waals surface area contributed by atoms with Gasteiger partial charge in [-0.2, -0.15) is 0 Å². The molecule has 0 aliphatic heterocycles. The lowest BCUT2D eigenvalue weighted by atomic mass is 9.78. The summed E-state index contributed by atoms with van der Waals surface area (Å²) in [6, 6.07) is 4.44. The Morgan fingerprint density at radius 1 is 0.885 bits per heavy atom. The molecule has 0 amide bonds. The van der Waals surface area contributed by atoms with Gasteiger partial charge in [-0.15, -0.1) is 25.3 Å². The Hall–Kier alpha value is -0.380. The van der Waals surface area contributed by atoms with Crippen molar-refractivity contribution >= 4 is 30.2 Å². The number of thiol groups is 2. The third-order valence-corrected chi connectivity index (χ3v) is 7.18. The van der Waals surface area contributed by atoms with E-state index in [4.69, 9.17) is 5.73 Å². The molecule has 0 saturated heterocycles. The molecule has 3 aliphatic carbocycles. The first-order valence-electron chi connectivity index (χ1n) is 10.6. The van der Waals surface area contributed by atoms with Gasteiger partial charge in [-0.25, -0.2) is 0 Å². The maximum atomic E-state index is 6.28. The van der Waals surface area contributed by atoms with Crippen LogP contribution in [0.5, 0.6) is 0 Å². The molecule has 2 saturated carbocycles. The van der Waals surface area contributed by atoms with Gasteiger partial charge in [0.05, 0.1) is 0 Å². The highest BCUT2D eigenvalue weighted by Crippen LogP contribution is 2.44. The first-order chi connectivity index (χ1) is 12.6. The zero-order chi connectivity index (χ0) is 18.5. The highest BCUT2D eigenvalue weighted by atomic mass is 32.1. The second-order valence-corrected chi connectivity index (χ2v) is 9.44. The molecule has 3 heteroatoms. The summed E-state index contributed by atoms with van der Waals surface area (Å²) in [5.41, 5.74) is 10.2. The van der Waals surface area contributed by atoms with Gasteiger partial charge < -0.3 is 5.73 Å². The highest BCUT2D eigenvalue weighted by Gasteiger charge is 2.26. The Morgan fingerprint density at radius 2 is 1.50 bits per heavy atom. The topological polar surface area (TPSA) is 26.0 Å². The first-order valence-corrected chi connectivity index (χ1v) is 11.5.